The Balaban J connectivity index is 1.69. The summed E-state index contributed by atoms with van der Waals surface area (Å²) in [6.07, 6.45) is 7.02. The third-order valence-electron chi connectivity index (χ3n) is 3.74. The molecule has 0 saturated carbocycles. The van der Waals surface area contributed by atoms with E-state index in [1.54, 1.807) is 4.90 Å². The molecule has 0 radical (unpaired) electrons. The monoisotopic (exact) mass is 253 g/mol. The molecule has 0 atom stereocenters. The number of nitrogens with zero attached hydrogens (tertiary/aromatic N) is 2. The molecule has 2 amide bonds. The van der Waals surface area contributed by atoms with Crippen molar-refractivity contribution in [1.82, 2.24) is 15.1 Å². The number of carbonyl (C=O) groups excluding carboxylic acids is 2. The molecule has 5 heteroatoms. The Hall–Kier alpha value is -1.10. The lowest BCUT2D eigenvalue weighted by molar-refractivity contribution is -0.132. The van der Waals surface area contributed by atoms with Gasteiger partial charge in [-0.2, -0.15) is 0 Å². The number of nitrogens with one attached hydrogen (secondary N) is 1. The van der Waals surface area contributed by atoms with E-state index in [9.17, 15) is 9.59 Å². The zero-order valence-electron chi connectivity index (χ0n) is 11.0. The minimum atomic E-state index is -0.0467. The van der Waals surface area contributed by atoms with Crippen LogP contribution in [0.3, 0.4) is 0 Å². The van der Waals surface area contributed by atoms with Crippen molar-refractivity contribution in [1.29, 1.82) is 0 Å². The fourth-order valence-corrected chi connectivity index (χ4v) is 2.59. The Kier molecular flexibility index (Phi) is 4.99. The summed E-state index contributed by atoms with van der Waals surface area (Å²) < 4.78 is 0. The van der Waals surface area contributed by atoms with Crippen molar-refractivity contribution in [3.8, 4) is 0 Å². The number of amides is 2. The average molecular weight is 253 g/mol. The van der Waals surface area contributed by atoms with Crippen molar-refractivity contribution in [3.05, 3.63) is 0 Å². The Morgan fingerprint density at radius 1 is 1.11 bits per heavy atom. The highest BCUT2D eigenvalue weighted by Crippen LogP contribution is 2.11. The molecule has 2 aliphatic heterocycles. The van der Waals surface area contributed by atoms with Crippen molar-refractivity contribution in [2.45, 2.75) is 38.5 Å². The van der Waals surface area contributed by atoms with Crippen LogP contribution in [-0.4, -0.2) is 54.5 Å². The number of hydrogen-bond donors (Lipinski definition) is 1. The van der Waals surface area contributed by atoms with Crippen LogP contribution in [0, 0.1) is 0 Å². The maximum absolute atomic E-state index is 11.9. The van der Waals surface area contributed by atoms with Gasteiger partial charge in [0.25, 0.3) is 0 Å². The first-order valence-electron chi connectivity index (χ1n) is 7.02. The van der Waals surface area contributed by atoms with Gasteiger partial charge in [0.1, 0.15) is 6.54 Å². The van der Waals surface area contributed by atoms with Crippen LogP contribution < -0.4 is 5.32 Å². The summed E-state index contributed by atoms with van der Waals surface area (Å²) in [6.45, 7) is 3.69. The first-order chi connectivity index (χ1) is 8.75. The molecular formula is C13H23N3O2. The SMILES string of the molecule is O=C1CN(C(=O)CCN2CCCCCCC2)CN1. The van der Waals surface area contributed by atoms with E-state index in [0.29, 0.717) is 13.1 Å². The van der Waals surface area contributed by atoms with Crippen molar-refractivity contribution >= 4 is 11.8 Å². The molecule has 5 nitrogen and oxygen atoms in total. The van der Waals surface area contributed by atoms with Crippen LogP contribution in [0.25, 0.3) is 0 Å². The fraction of sp³-hybridized carbons (Fsp3) is 0.846. The van der Waals surface area contributed by atoms with Gasteiger partial charge < -0.3 is 15.1 Å². The molecule has 0 aromatic carbocycles. The lowest BCUT2D eigenvalue weighted by atomic mass is 10.1. The van der Waals surface area contributed by atoms with Gasteiger partial charge in [-0.05, 0) is 25.9 Å². The molecular weight excluding hydrogens is 230 g/mol. The highest BCUT2D eigenvalue weighted by Gasteiger charge is 2.23. The standard InChI is InChI=1S/C13H23N3O2/c17-12-10-16(11-14-12)13(18)6-9-15-7-4-2-1-3-5-8-15/h1-11H2,(H,14,17). The Morgan fingerprint density at radius 3 is 2.39 bits per heavy atom. The molecule has 2 heterocycles. The van der Waals surface area contributed by atoms with Crippen LogP contribution in [0.4, 0.5) is 0 Å². The summed E-state index contributed by atoms with van der Waals surface area (Å²) in [5.41, 5.74) is 0. The number of likely N-dealkylation sites (tertiary alicyclic amines) is 1. The summed E-state index contributed by atoms with van der Waals surface area (Å²) >= 11 is 0. The van der Waals surface area contributed by atoms with Gasteiger partial charge in [0.2, 0.25) is 11.8 Å². The Bertz CT molecular complexity index is 299. The van der Waals surface area contributed by atoms with Crippen LogP contribution in [0.2, 0.25) is 0 Å². The van der Waals surface area contributed by atoms with Gasteiger partial charge >= 0.3 is 0 Å². The molecule has 2 aliphatic rings. The maximum atomic E-state index is 11.9. The Morgan fingerprint density at radius 2 is 1.78 bits per heavy atom. The predicted molar refractivity (Wildman–Crippen MR) is 68.9 cm³/mol. The fourth-order valence-electron chi connectivity index (χ4n) is 2.59. The van der Waals surface area contributed by atoms with E-state index >= 15 is 0 Å². The van der Waals surface area contributed by atoms with Crippen LogP contribution in [0.5, 0.6) is 0 Å². The van der Waals surface area contributed by atoms with E-state index < -0.39 is 0 Å². The summed E-state index contributed by atoms with van der Waals surface area (Å²) in [5.74, 6) is 0.0463. The number of rotatable bonds is 3. The van der Waals surface area contributed by atoms with E-state index in [1.165, 1.54) is 32.1 Å². The minimum absolute atomic E-state index is 0.0467. The van der Waals surface area contributed by atoms with Gasteiger partial charge in [-0.25, -0.2) is 0 Å². The predicted octanol–water partition coefficient (Wildman–Crippen LogP) is 0.558. The summed E-state index contributed by atoms with van der Waals surface area (Å²) in [5, 5.41) is 2.66. The lowest BCUT2D eigenvalue weighted by Crippen LogP contribution is -2.35. The molecule has 0 aliphatic carbocycles. The van der Waals surface area contributed by atoms with E-state index in [1.807, 2.05) is 0 Å². The molecule has 2 fully saturated rings. The van der Waals surface area contributed by atoms with Gasteiger partial charge in [-0.15, -0.1) is 0 Å². The van der Waals surface area contributed by atoms with Crippen molar-refractivity contribution in [2.24, 2.45) is 0 Å². The first-order valence-corrected chi connectivity index (χ1v) is 7.02. The van der Waals surface area contributed by atoms with Gasteiger partial charge in [-0.3, -0.25) is 9.59 Å². The van der Waals surface area contributed by atoms with Gasteiger partial charge in [-0.1, -0.05) is 19.3 Å². The summed E-state index contributed by atoms with van der Waals surface area (Å²) in [4.78, 5) is 26.9. The van der Waals surface area contributed by atoms with Crippen LogP contribution in [0.1, 0.15) is 38.5 Å². The zero-order valence-corrected chi connectivity index (χ0v) is 11.0. The van der Waals surface area contributed by atoms with Crippen molar-refractivity contribution in [2.75, 3.05) is 32.8 Å². The number of carbonyl (C=O) groups is 2. The molecule has 2 rings (SSSR count). The second-order valence-electron chi connectivity index (χ2n) is 5.21. The van der Waals surface area contributed by atoms with Crippen LogP contribution in [-0.2, 0) is 9.59 Å². The van der Waals surface area contributed by atoms with E-state index in [0.717, 1.165) is 19.6 Å². The molecule has 0 spiro atoms. The second kappa shape index (κ2) is 6.73. The molecule has 2 saturated heterocycles. The third-order valence-corrected chi connectivity index (χ3v) is 3.74. The highest BCUT2D eigenvalue weighted by molar-refractivity contribution is 5.87. The van der Waals surface area contributed by atoms with Gasteiger partial charge in [0.05, 0.1) is 6.67 Å². The molecule has 18 heavy (non-hydrogen) atoms. The summed E-state index contributed by atoms with van der Waals surface area (Å²) in [7, 11) is 0. The second-order valence-corrected chi connectivity index (χ2v) is 5.21. The topological polar surface area (TPSA) is 52.7 Å². The van der Waals surface area contributed by atoms with E-state index in [2.05, 4.69) is 10.2 Å². The summed E-state index contributed by atoms with van der Waals surface area (Å²) in [6, 6.07) is 0. The lowest BCUT2D eigenvalue weighted by Gasteiger charge is -2.24. The quantitative estimate of drug-likeness (QED) is 0.799. The van der Waals surface area contributed by atoms with E-state index in [-0.39, 0.29) is 18.4 Å². The average Bonchev–Trinajstić information content (AvgIpc) is 2.74. The molecule has 0 unspecified atom stereocenters. The molecule has 0 aromatic rings. The van der Waals surface area contributed by atoms with E-state index in [4.69, 9.17) is 0 Å². The molecule has 0 bridgehead atoms. The molecule has 1 N–H and O–H groups in total. The largest absolute Gasteiger partial charge is 0.337 e. The van der Waals surface area contributed by atoms with Gasteiger partial charge in [0, 0.05) is 13.0 Å². The van der Waals surface area contributed by atoms with Crippen LogP contribution in [0.15, 0.2) is 0 Å². The van der Waals surface area contributed by atoms with Gasteiger partial charge in [0.15, 0.2) is 0 Å². The molecule has 102 valence electrons. The smallest absolute Gasteiger partial charge is 0.241 e. The van der Waals surface area contributed by atoms with Crippen molar-refractivity contribution < 1.29 is 9.59 Å². The minimum Gasteiger partial charge on any atom is -0.337 e. The van der Waals surface area contributed by atoms with Crippen molar-refractivity contribution in [3.63, 3.8) is 0 Å². The Labute approximate surface area is 108 Å². The normalized spacial score (nSPS) is 22.4. The first kappa shape index (κ1) is 13.3. The van der Waals surface area contributed by atoms with Crippen LogP contribution >= 0.6 is 0 Å². The number of hydrogen-bond acceptors (Lipinski definition) is 3. The third kappa shape index (κ3) is 3.98. The zero-order chi connectivity index (χ0) is 12.8. The highest BCUT2D eigenvalue weighted by atomic mass is 16.2. The molecule has 0 aromatic heterocycles. The maximum Gasteiger partial charge on any atom is 0.241 e.